The smallest absolute Gasteiger partial charge is 0.134 e. The van der Waals surface area contributed by atoms with Crippen LogP contribution in [0, 0.1) is 0 Å². The number of nitrogens with one attached hydrogen (secondary N) is 1. The third kappa shape index (κ3) is 3.77. The molecule has 0 saturated heterocycles. The highest BCUT2D eigenvalue weighted by atomic mass is 79.9. The second-order valence-electron chi connectivity index (χ2n) is 4.88. The zero-order valence-corrected chi connectivity index (χ0v) is 13.1. The lowest BCUT2D eigenvalue weighted by molar-refractivity contribution is 0.276. The maximum absolute atomic E-state index is 9.57. The van der Waals surface area contributed by atoms with Gasteiger partial charge in [0.05, 0.1) is 12.6 Å². The molecule has 1 aromatic carbocycles. The van der Waals surface area contributed by atoms with Gasteiger partial charge in [-0.25, -0.2) is 9.97 Å². The Kier molecular flexibility index (Phi) is 5.09. The van der Waals surface area contributed by atoms with Crippen molar-refractivity contribution < 1.29 is 5.11 Å². The minimum Gasteiger partial charge on any atom is -0.394 e. The first kappa shape index (κ1) is 14.9. The minimum absolute atomic E-state index is 0.00263. The first-order valence-electron chi connectivity index (χ1n) is 6.57. The molecule has 1 atom stereocenters. The first-order valence-corrected chi connectivity index (χ1v) is 7.36. The lowest BCUT2D eigenvalue weighted by Crippen LogP contribution is -2.16. The van der Waals surface area contributed by atoms with Gasteiger partial charge in [-0.3, -0.25) is 0 Å². The van der Waals surface area contributed by atoms with Crippen molar-refractivity contribution in [3.63, 3.8) is 0 Å². The van der Waals surface area contributed by atoms with E-state index in [9.17, 15) is 5.11 Å². The van der Waals surface area contributed by atoms with Gasteiger partial charge in [0.15, 0.2) is 0 Å². The molecule has 0 aliphatic carbocycles. The number of aliphatic hydroxyl groups is 1. The molecule has 2 N–H and O–H groups in total. The Labute approximate surface area is 127 Å². The quantitative estimate of drug-likeness (QED) is 0.821. The van der Waals surface area contributed by atoms with Crippen molar-refractivity contribution in [1.82, 2.24) is 9.97 Å². The number of nitrogens with zero attached hydrogens (tertiary/aromatic N) is 2. The molecule has 4 nitrogen and oxygen atoms in total. The zero-order valence-electron chi connectivity index (χ0n) is 11.5. The molecule has 0 aliphatic rings. The third-order valence-electron chi connectivity index (χ3n) is 2.94. The molecule has 0 spiro atoms. The van der Waals surface area contributed by atoms with E-state index in [1.807, 2.05) is 50.2 Å². The fourth-order valence-corrected chi connectivity index (χ4v) is 2.26. The van der Waals surface area contributed by atoms with Crippen LogP contribution < -0.4 is 5.32 Å². The van der Waals surface area contributed by atoms with Crippen molar-refractivity contribution >= 4 is 21.7 Å². The zero-order chi connectivity index (χ0) is 14.5. The lowest BCUT2D eigenvalue weighted by atomic mass is 10.1. The highest BCUT2D eigenvalue weighted by Gasteiger charge is 2.13. The normalized spacial score (nSPS) is 12.4. The second-order valence-corrected chi connectivity index (χ2v) is 5.69. The predicted molar refractivity (Wildman–Crippen MR) is 83.7 cm³/mol. The van der Waals surface area contributed by atoms with Gasteiger partial charge in [0.25, 0.3) is 0 Å². The van der Waals surface area contributed by atoms with E-state index >= 15 is 0 Å². The molecule has 0 saturated carbocycles. The maximum atomic E-state index is 9.57. The number of hydrogen-bond acceptors (Lipinski definition) is 4. The van der Waals surface area contributed by atoms with E-state index < -0.39 is 0 Å². The average molecular weight is 336 g/mol. The van der Waals surface area contributed by atoms with E-state index in [2.05, 4.69) is 31.2 Å². The Bertz CT molecular complexity index is 560. The second kappa shape index (κ2) is 6.81. The summed E-state index contributed by atoms with van der Waals surface area (Å²) in [6.07, 6.45) is 0. The van der Waals surface area contributed by atoms with E-state index in [0.717, 1.165) is 16.0 Å². The van der Waals surface area contributed by atoms with Crippen LogP contribution in [0.5, 0.6) is 0 Å². The maximum Gasteiger partial charge on any atom is 0.134 e. The van der Waals surface area contributed by atoms with E-state index in [-0.39, 0.29) is 18.6 Å². The number of aromatic nitrogens is 2. The molecule has 0 bridgehead atoms. The van der Waals surface area contributed by atoms with Crippen LogP contribution in [0.4, 0.5) is 5.82 Å². The molecule has 106 valence electrons. The fraction of sp³-hybridized carbons (Fsp3) is 0.333. The van der Waals surface area contributed by atoms with Crippen LogP contribution in [0.15, 0.2) is 41.0 Å². The third-order valence-corrected chi connectivity index (χ3v) is 3.34. The number of benzene rings is 1. The molecule has 1 unspecified atom stereocenters. The molecular weight excluding hydrogens is 318 g/mol. The van der Waals surface area contributed by atoms with Gasteiger partial charge in [0.2, 0.25) is 0 Å². The molecule has 2 rings (SSSR count). The molecule has 20 heavy (non-hydrogen) atoms. The van der Waals surface area contributed by atoms with Crippen molar-refractivity contribution in [1.29, 1.82) is 0 Å². The lowest BCUT2D eigenvalue weighted by Gasteiger charge is -2.18. The first-order chi connectivity index (χ1) is 9.60. The van der Waals surface area contributed by atoms with Gasteiger partial charge in [-0.2, -0.15) is 0 Å². The van der Waals surface area contributed by atoms with Crippen LogP contribution in [-0.4, -0.2) is 21.7 Å². The van der Waals surface area contributed by atoms with Gasteiger partial charge in [0.1, 0.15) is 16.2 Å². The highest BCUT2D eigenvalue weighted by Crippen LogP contribution is 2.22. The van der Waals surface area contributed by atoms with Gasteiger partial charge in [-0.05, 0) is 21.5 Å². The van der Waals surface area contributed by atoms with Gasteiger partial charge in [0, 0.05) is 12.0 Å². The van der Waals surface area contributed by atoms with Gasteiger partial charge >= 0.3 is 0 Å². The Morgan fingerprint density at radius 3 is 2.50 bits per heavy atom. The summed E-state index contributed by atoms with van der Waals surface area (Å²) < 4.78 is 0.739. The van der Waals surface area contributed by atoms with E-state index in [1.165, 1.54) is 0 Å². The van der Waals surface area contributed by atoms with Crippen LogP contribution in [-0.2, 0) is 0 Å². The molecule has 0 fully saturated rings. The van der Waals surface area contributed by atoms with Crippen molar-refractivity contribution in [3.05, 3.63) is 52.4 Å². The van der Waals surface area contributed by atoms with Crippen LogP contribution in [0.25, 0.3) is 0 Å². The highest BCUT2D eigenvalue weighted by molar-refractivity contribution is 9.10. The largest absolute Gasteiger partial charge is 0.394 e. The molecule has 2 aromatic rings. The van der Waals surface area contributed by atoms with E-state index in [1.54, 1.807) is 0 Å². The number of anilines is 1. The Morgan fingerprint density at radius 1 is 1.20 bits per heavy atom. The minimum atomic E-state index is -0.182. The Morgan fingerprint density at radius 2 is 1.90 bits per heavy atom. The van der Waals surface area contributed by atoms with E-state index in [0.29, 0.717) is 5.82 Å². The molecule has 0 radical (unpaired) electrons. The standard InChI is InChI=1S/C15H18BrN3O/c1-10(2)15-18-13(16)8-14(19-15)17-12(9-20)11-6-4-3-5-7-11/h3-8,10,12,20H,9H2,1-2H3,(H,17,18,19). The van der Waals surface area contributed by atoms with Crippen molar-refractivity contribution in [3.8, 4) is 0 Å². The van der Waals surface area contributed by atoms with Crippen LogP contribution in [0.1, 0.15) is 37.2 Å². The summed E-state index contributed by atoms with van der Waals surface area (Å²) >= 11 is 3.40. The van der Waals surface area contributed by atoms with Crippen LogP contribution in [0.2, 0.25) is 0 Å². The monoisotopic (exact) mass is 335 g/mol. The van der Waals surface area contributed by atoms with Gasteiger partial charge < -0.3 is 10.4 Å². The molecular formula is C15H18BrN3O. The summed E-state index contributed by atoms with van der Waals surface area (Å²) in [6, 6.07) is 11.5. The van der Waals surface area contributed by atoms with Crippen LogP contribution >= 0.6 is 15.9 Å². The molecule has 0 aliphatic heterocycles. The summed E-state index contributed by atoms with van der Waals surface area (Å²) in [5.41, 5.74) is 1.02. The van der Waals surface area contributed by atoms with Gasteiger partial charge in [-0.15, -0.1) is 0 Å². The summed E-state index contributed by atoms with van der Waals surface area (Å²) in [5, 5.41) is 12.8. The van der Waals surface area contributed by atoms with Crippen molar-refractivity contribution in [2.75, 3.05) is 11.9 Å². The molecule has 1 heterocycles. The summed E-state index contributed by atoms with van der Waals surface area (Å²) in [4.78, 5) is 8.83. The van der Waals surface area contributed by atoms with Crippen LogP contribution in [0.3, 0.4) is 0 Å². The van der Waals surface area contributed by atoms with Crippen molar-refractivity contribution in [2.45, 2.75) is 25.8 Å². The summed E-state index contributed by atoms with van der Waals surface area (Å²) in [5.74, 6) is 1.72. The molecule has 5 heteroatoms. The summed E-state index contributed by atoms with van der Waals surface area (Å²) in [6.45, 7) is 4.10. The number of hydrogen-bond donors (Lipinski definition) is 2. The topological polar surface area (TPSA) is 58.0 Å². The number of aliphatic hydroxyl groups excluding tert-OH is 1. The van der Waals surface area contributed by atoms with E-state index in [4.69, 9.17) is 0 Å². The number of halogens is 1. The SMILES string of the molecule is CC(C)c1nc(Br)cc(NC(CO)c2ccccc2)n1. The number of rotatable bonds is 5. The molecule has 1 aromatic heterocycles. The average Bonchev–Trinajstić information content (AvgIpc) is 2.45. The molecule has 0 amide bonds. The summed E-state index contributed by atoms with van der Waals surface area (Å²) in [7, 11) is 0. The van der Waals surface area contributed by atoms with Crippen molar-refractivity contribution in [2.24, 2.45) is 0 Å². The Hall–Kier alpha value is -1.46. The fourth-order valence-electron chi connectivity index (χ4n) is 1.87. The Balaban J connectivity index is 2.24. The predicted octanol–water partition coefficient (Wildman–Crippen LogP) is 3.51. The van der Waals surface area contributed by atoms with Gasteiger partial charge in [-0.1, -0.05) is 44.2 Å².